The summed E-state index contributed by atoms with van der Waals surface area (Å²) in [6.07, 6.45) is 6.97. The molecule has 0 bridgehead atoms. The minimum Gasteiger partial charge on any atom is -0.353 e. The van der Waals surface area contributed by atoms with Crippen molar-refractivity contribution < 1.29 is 4.79 Å². The number of carbonyl (C=O) groups excluding carboxylic acids is 1. The third-order valence-electron chi connectivity index (χ3n) is 5.04. The van der Waals surface area contributed by atoms with Crippen LogP contribution in [-0.4, -0.2) is 47.3 Å². The van der Waals surface area contributed by atoms with E-state index in [2.05, 4.69) is 29.4 Å². The Morgan fingerprint density at radius 2 is 2.16 bits per heavy atom. The average molecular weight is 363 g/mol. The Hall–Kier alpha value is -1.59. The molecule has 1 heterocycles. The van der Waals surface area contributed by atoms with Crippen LogP contribution in [0.1, 0.15) is 32.1 Å². The van der Waals surface area contributed by atoms with E-state index < -0.39 is 0 Å². The van der Waals surface area contributed by atoms with Gasteiger partial charge < -0.3 is 10.2 Å². The molecule has 25 heavy (non-hydrogen) atoms. The summed E-state index contributed by atoms with van der Waals surface area (Å²) in [5, 5.41) is 9.27. The molecule has 1 aromatic carbocycles. The van der Waals surface area contributed by atoms with Crippen LogP contribution in [0.25, 0.3) is 10.9 Å². The van der Waals surface area contributed by atoms with Gasteiger partial charge in [-0.1, -0.05) is 30.5 Å². The smallest absolute Gasteiger partial charge is 0.222 e. The molecule has 3 rings (SSSR count). The quantitative estimate of drug-likeness (QED) is 0.857. The standard InChI is InChI=1S/C19H27ClN4O/c1-23(2)13-14-6-3-4-8-17(14)22-19(25)10-11-24-18-9-5-7-16(20)15(18)12-21-24/h5,7,9,12,14,17H,3-4,6,8,10-11,13H2,1-2H3,(H,22,25). The Bertz CT molecular complexity index is 727. The predicted molar refractivity (Wildman–Crippen MR) is 102 cm³/mol. The molecule has 2 atom stereocenters. The van der Waals surface area contributed by atoms with E-state index in [0.717, 1.165) is 23.9 Å². The van der Waals surface area contributed by atoms with E-state index in [1.807, 2.05) is 22.9 Å². The summed E-state index contributed by atoms with van der Waals surface area (Å²) >= 11 is 6.18. The minimum absolute atomic E-state index is 0.112. The van der Waals surface area contributed by atoms with E-state index in [0.29, 0.717) is 29.9 Å². The van der Waals surface area contributed by atoms with E-state index in [-0.39, 0.29) is 5.91 Å². The average Bonchev–Trinajstić information content (AvgIpc) is 2.99. The molecule has 1 saturated carbocycles. The van der Waals surface area contributed by atoms with Crippen LogP contribution in [0, 0.1) is 5.92 Å². The Kier molecular flexibility index (Phi) is 5.97. The zero-order chi connectivity index (χ0) is 17.8. The SMILES string of the molecule is CN(C)CC1CCCCC1NC(=O)CCn1ncc2c(Cl)cccc21. The number of carbonyl (C=O) groups is 1. The van der Waals surface area contributed by atoms with Crippen molar-refractivity contribution in [2.45, 2.75) is 44.7 Å². The Labute approximate surface area is 154 Å². The topological polar surface area (TPSA) is 50.2 Å². The molecule has 0 radical (unpaired) electrons. The highest BCUT2D eigenvalue weighted by atomic mass is 35.5. The first-order chi connectivity index (χ1) is 12.0. The number of nitrogens with one attached hydrogen (secondary N) is 1. The number of aryl methyl sites for hydroxylation is 1. The van der Waals surface area contributed by atoms with Crippen molar-refractivity contribution in [2.24, 2.45) is 5.92 Å². The summed E-state index contributed by atoms with van der Waals surface area (Å²) in [5.41, 5.74) is 0.975. The van der Waals surface area contributed by atoms with E-state index in [1.54, 1.807) is 6.20 Å². The fourth-order valence-corrected chi connectivity index (χ4v) is 4.04. The Morgan fingerprint density at radius 3 is 2.96 bits per heavy atom. The van der Waals surface area contributed by atoms with Crippen molar-refractivity contribution in [3.63, 3.8) is 0 Å². The molecule has 0 aliphatic heterocycles. The predicted octanol–water partition coefficient (Wildman–Crippen LogP) is 3.32. The molecule has 1 amide bonds. The molecular formula is C19H27ClN4O. The summed E-state index contributed by atoms with van der Waals surface area (Å²) in [4.78, 5) is 14.7. The first-order valence-corrected chi connectivity index (χ1v) is 9.46. The minimum atomic E-state index is 0.112. The molecule has 1 N–H and O–H groups in total. The van der Waals surface area contributed by atoms with Gasteiger partial charge in [-0.25, -0.2) is 0 Å². The summed E-state index contributed by atoms with van der Waals surface area (Å²) in [7, 11) is 4.20. The van der Waals surface area contributed by atoms with Crippen molar-refractivity contribution in [3.8, 4) is 0 Å². The number of benzene rings is 1. The highest BCUT2D eigenvalue weighted by molar-refractivity contribution is 6.35. The molecule has 5 nitrogen and oxygen atoms in total. The van der Waals surface area contributed by atoms with Crippen molar-refractivity contribution >= 4 is 28.4 Å². The fraction of sp³-hybridized carbons (Fsp3) is 0.579. The highest BCUT2D eigenvalue weighted by Gasteiger charge is 2.26. The lowest BCUT2D eigenvalue weighted by atomic mass is 9.84. The maximum Gasteiger partial charge on any atom is 0.222 e. The fourth-order valence-electron chi connectivity index (χ4n) is 3.82. The number of nitrogens with zero attached hydrogens (tertiary/aromatic N) is 3. The van der Waals surface area contributed by atoms with Gasteiger partial charge in [-0.15, -0.1) is 0 Å². The second kappa shape index (κ2) is 8.19. The first kappa shape index (κ1) is 18.2. The van der Waals surface area contributed by atoms with Crippen LogP contribution in [0.5, 0.6) is 0 Å². The van der Waals surface area contributed by atoms with Crippen LogP contribution in [0.4, 0.5) is 0 Å². The lowest BCUT2D eigenvalue weighted by Crippen LogP contribution is -2.45. The van der Waals surface area contributed by atoms with Crippen LogP contribution in [0.15, 0.2) is 24.4 Å². The number of aromatic nitrogens is 2. The molecule has 1 aliphatic rings. The highest BCUT2D eigenvalue weighted by Crippen LogP contribution is 2.25. The van der Waals surface area contributed by atoms with Gasteiger partial charge in [-0.3, -0.25) is 9.48 Å². The zero-order valence-corrected chi connectivity index (χ0v) is 15.8. The van der Waals surface area contributed by atoms with Gasteiger partial charge in [0.05, 0.1) is 23.3 Å². The number of fused-ring (bicyclic) bond motifs is 1. The number of hydrogen-bond donors (Lipinski definition) is 1. The van der Waals surface area contributed by atoms with Crippen LogP contribution in [0.3, 0.4) is 0 Å². The van der Waals surface area contributed by atoms with Crippen LogP contribution < -0.4 is 5.32 Å². The molecule has 6 heteroatoms. The lowest BCUT2D eigenvalue weighted by molar-refractivity contribution is -0.122. The Morgan fingerprint density at radius 1 is 1.36 bits per heavy atom. The second-order valence-corrected chi connectivity index (χ2v) is 7.68. The third-order valence-corrected chi connectivity index (χ3v) is 5.37. The molecule has 1 aliphatic carbocycles. The van der Waals surface area contributed by atoms with Crippen molar-refractivity contribution in [2.75, 3.05) is 20.6 Å². The maximum atomic E-state index is 12.4. The number of rotatable bonds is 6. The summed E-state index contributed by atoms with van der Waals surface area (Å²) < 4.78 is 1.86. The molecule has 0 spiro atoms. The van der Waals surface area contributed by atoms with E-state index in [4.69, 9.17) is 11.6 Å². The molecular weight excluding hydrogens is 336 g/mol. The summed E-state index contributed by atoms with van der Waals surface area (Å²) in [6, 6.07) is 6.06. The van der Waals surface area contributed by atoms with Gasteiger partial charge in [0, 0.05) is 24.4 Å². The van der Waals surface area contributed by atoms with Crippen molar-refractivity contribution in [1.29, 1.82) is 0 Å². The first-order valence-electron chi connectivity index (χ1n) is 9.08. The van der Waals surface area contributed by atoms with E-state index in [1.165, 1.54) is 19.3 Å². The van der Waals surface area contributed by atoms with Crippen molar-refractivity contribution in [3.05, 3.63) is 29.4 Å². The number of hydrogen-bond acceptors (Lipinski definition) is 3. The zero-order valence-electron chi connectivity index (χ0n) is 15.0. The van der Waals surface area contributed by atoms with Crippen molar-refractivity contribution in [1.82, 2.24) is 20.0 Å². The van der Waals surface area contributed by atoms with Gasteiger partial charge in [0.2, 0.25) is 5.91 Å². The van der Waals surface area contributed by atoms with Crippen LogP contribution in [0.2, 0.25) is 5.02 Å². The summed E-state index contributed by atoms with van der Waals surface area (Å²) in [6.45, 7) is 1.61. The largest absolute Gasteiger partial charge is 0.353 e. The van der Waals surface area contributed by atoms with Gasteiger partial charge in [0.15, 0.2) is 0 Å². The molecule has 2 unspecified atom stereocenters. The van der Waals surface area contributed by atoms with Gasteiger partial charge in [-0.05, 0) is 45.0 Å². The van der Waals surface area contributed by atoms with Crippen LogP contribution in [-0.2, 0) is 11.3 Å². The normalized spacial score (nSPS) is 21.0. The third kappa shape index (κ3) is 4.53. The Balaban J connectivity index is 1.57. The number of amides is 1. The summed E-state index contributed by atoms with van der Waals surface area (Å²) in [5.74, 6) is 0.665. The van der Waals surface area contributed by atoms with Gasteiger partial charge in [-0.2, -0.15) is 5.10 Å². The molecule has 136 valence electrons. The molecule has 1 fully saturated rings. The monoisotopic (exact) mass is 362 g/mol. The van der Waals surface area contributed by atoms with E-state index >= 15 is 0 Å². The van der Waals surface area contributed by atoms with E-state index in [9.17, 15) is 4.79 Å². The molecule has 1 aromatic heterocycles. The van der Waals surface area contributed by atoms with Crippen LogP contribution >= 0.6 is 11.6 Å². The second-order valence-electron chi connectivity index (χ2n) is 7.27. The van der Waals surface area contributed by atoms with Gasteiger partial charge >= 0.3 is 0 Å². The van der Waals surface area contributed by atoms with Gasteiger partial charge in [0.1, 0.15) is 0 Å². The maximum absolute atomic E-state index is 12.4. The molecule has 0 saturated heterocycles. The lowest BCUT2D eigenvalue weighted by Gasteiger charge is -2.34. The number of halogens is 1. The molecule has 2 aromatic rings. The van der Waals surface area contributed by atoms with Gasteiger partial charge in [0.25, 0.3) is 0 Å².